The highest BCUT2D eigenvalue weighted by molar-refractivity contribution is 4.66. The summed E-state index contributed by atoms with van der Waals surface area (Å²) in [4.78, 5) is 0. The van der Waals surface area contributed by atoms with E-state index in [0.29, 0.717) is 0 Å². The lowest BCUT2D eigenvalue weighted by Gasteiger charge is -2.46. The van der Waals surface area contributed by atoms with E-state index < -0.39 is 0 Å². The summed E-state index contributed by atoms with van der Waals surface area (Å²) in [5.74, 6) is 0. The normalized spacial score (nSPS) is 12.7. The summed E-state index contributed by atoms with van der Waals surface area (Å²) in [5.41, 5.74) is 0. The highest BCUT2D eigenvalue weighted by Gasteiger charge is 2.35. The zero-order valence-electron chi connectivity index (χ0n) is 34.3. The van der Waals surface area contributed by atoms with Crippen LogP contribution in [0.4, 0.5) is 0 Å². The molecule has 0 aromatic heterocycles. The fraction of sp³-hybridized carbons (Fsp3) is 1.00. The number of hydrogen-bond donors (Lipinski definition) is 0. The number of quaternary nitrogens is 1. The van der Waals surface area contributed by atoms with Crippen molar-refractivity contribution >= 4 is 0 Å². The summed E-state index contributed by atoms with van der Waals surface area (Å²) in [6.07, 6.45) is 54.1. The molecule has 284 valence electrons. The molecule has 1 nitrogen and oxygen atoms in total. The van der Waals surface area contributed by atoms with Crippen LogP contribution in [0.5, 0.6) is 0 Å². The Morgan fingerprint density at radius 3 is 0.723 bits per heavy atom. The quantitative estimate of drug-likeness (QED) is 0.0451. The van der Waals surface area contributed by atoms with Crippen molar-refractivity contribution in [3.8, 4) is 0 Å². The van der Waals surface area contributed by atoms with Crippen molar-refractivity contribution in [3.63, 3.8) is 0 Å². The minimum absolute atomic E-state index is 0.931. The largest absolute Gasteiger partial charge is 0.321 e. The molecule has 0 bridgehead atoms. The lowest BCUT2D eigenvalue weighted by molar-refractivity contribution is -0.952. The SMILES string of the molecule is CCCCCCCCCCCCCCC(CCCCC)[N+](CCCCCC)(CCCCCC)CCCCCCCCCCCCCC. The van der Waals surface area contributed by atoms with Gasteiger partial charge in [-0.3, -0.25) is 0 Å². The first kappa shape index (κ1) is 47.0. The molecule has 0 N–H and O–H groups in total. The second-order valence-corrected chi connectivity index (χ2v) is 16.2. The predicted molar refractivity (Wildman–Crippen MR) is 218 cm³/mol. The summed E-state index contributed by atoms with van der Waals surface area (Å²) in [6.45, 7) is 16.3. The average Bonchev–Trinajstić information content (AvgIpc) is 3.08. The van der Waals surface area contributed by atoms with Crippen molar-refractivity contribution in [3.05, 3.63) is 0 Å². The first-order valence-electron chi connectivity index (χ1n) is 23.1. The van der Waals surface area contributed by atoms with Crippen molar-refractivity contribution in [2.75, 3.05) is 19.6 Å². The average molecular weight is 663 g/mol. The van der Waals surface area contributed by atoms with Gasteiger partial charge in [0.05, 0.1) is 25.7 Å². The van der Waals surface area contributed by atoms with Crippen molar-refractivity contribution in [1.82, 2.24) is 0 Å². The van der Waals surface area contributed by atoms with E-state index in [4.69, 9.17) is 0 Å². The maximum Gasteiger partial charge on any atom is 0.0890 e. The minimum atomic E-state index is 0.931. The molecule has 0 radical (unpaired) electrons. The molecule has 0 aliphatic heterocycles. The van der Waals surface area contributed by atoms with Crippen LogP contribution in [0.2, 0.25) is 0 Å². The Bertz CT molecular complexity index is 543. The van der Waals surface area contributed by atoms with Crippen LogP contribution in [0.1, 0.15) is 272 Å². The van der Waals surface area contributed by atoms with E-state index in [-0.39, 0.29) is 0 Å². The fourth-order valence-corrected chi connectivity index (χ4v) is 8.40. The third-order valence-corrected chi connectivity index (χ3v) is 11.7. The van der Waals surface area contributed by atoms with Gasteiger partial charge in [-0.15, -0.1) is 0 Å². The highest BCUT2D eigenvalue weighted by Crippen LogP contribution is 2.29. The van der Waals surface area contributed by atoms with Crippen LogP contribution in [0, 0.1) is 0 Å². The molecular weight excluding hydrogens is 567 g/mol. The van der Waals surface area contributed by atoms with Gasteiger partial charge >= 0.3 is 0 Å². The monoisotopic (exact) mass is 663 g/mol. The summed E-state index contributed by atoms with van der Waals surface area (Å²) in [5, 5.41) is 0. The highest BCUT2D eigenvalue weighted by atomic mass is 15.4. The van der Waals surface area contributed by atoms with Gasteiger partial charge in [0.15, 0.2) is 0 Å². The Hall–Kier alpha value is -0.0400. The molecule has 0 aliphatic carbocycles. The maximum atomic E-state index is 2.41. The fourth-order valence-electron chi connectivity index (χ4n) is 8.40. The van der Waals surface area contributed by atoms with Crippen LogP contribution >= 0.6 is 0 Å². The lowest BCUT2D eigenvalue weighted by Crippen LogP contribution is -2.57. The Balaban J connectivity index is 5.06. The standard InChI is InChI=1S/C46H96N/c1-6-11-16-20-22-24-26-28-30-32-34-37-42-46(41-36-15-10-5)47(43-38-18-13-8-3,44-39-19-14-9-4)45-40-35-33-31-29-27-25-23-21-17-12-7-2/h46H,6-45H2,1-5H3/q+1. The number of rotatable bonds is 41. The van der Waals surface area contributed by atoms with Crippen molar-refractivity contribution < 1.29 is 4.48 Å². The number of hydrogen-bond acceptors (Lipinski definition) is 0. The second-order valence-electron chi connectivity index (χ2n) is 16.2. The third-order valence-electron chi connectivity index (χ3n) is 11.7. The van der Waals surface area contributed by atoms with Crippen molar-refractivity contribution in [2.45, 2.75) is 278 Å². The molecule has 0 fully saturated rings. The van der Waals surface area contributed by atoms with Gasteiger partial charge < -0.3 is 4.48 Å². The van der Waals surface area contributed by atoms with E-state index in [0.717, 1.165) is 6.04 Å². The molecule has 1 heteroatoms. The smallest absolute Gasteiger partial charge is 0.0890 e. The molecule has 0 heterocycles. The van der Waals surface area contributed by atoms with Gasteiger partial charge in [0.1, 0.15) is 0 Å². The Morgan fingerprint density at radius 2 is 0.426 bits per heavy atom. The van der Waals surface area contributed by atoms with Crippen LogP contribution in [0.25, 0.3) is 0 Å². The molecule has 0 saturated heterocycles. The van der Waals surface area contributed by atoms with E-state index in [2.05, 4.69) is 34.6 Å². The van der Waals surface area contributed by atoms with Crippen LogP contribution in [-0.4, -0.2) is 30.2 Å². The molecule has 0 amide bonds. The Labute approximate surface area is 301 Å². The van der Waals surface area contributed by atoms with Gasteiger partial charge in [-0.05, 0) is 64.2 Å². The first-order valence-corrected chi connectivity index (χ1v) is 23.1. The minimum Gasteiger partial charge on any atom is -0.321 e. The molecule has 1 unspecified atom stereocenters. The molecule has 0 aromatic carbocycles. The zero-order valence-corrected chi connectivity index (χ0v) is 34.3. The van der Waals surface area contributed by atoms with Gasteiger partial charge in [0.25, 0.3) is 0 Å². The molecule has 0 rings (SSSR count). The molecule has 0 spiro atoms. The zero-order chi connectivity index (χ0) is 34.4. The molecule has 1 atom stereocenters. The lowest BCUT2D eigenvalue weighted by atomic mass is 9.94. The van der Waals surface area contributed by atoms with Crippen LogP contribution < -0.4 is 0 Å². The van der Waals surface area contributed by atoms with Gasteiger partial charge in [-0.25, -0.2) is 0 Å². The van der Waals surface area contributed by atoms with E-state index in [1.165, 1.54) is 262 Å². The third kappa shape index (κ3) is 30.5. The molecule has 0 saturated carbocycles. The maximum absolute atomic E-state index is 2.41. The molecule has 0 aromatic rings. The van der Waals surface area contributed by atoms with Crippen LogP contribution in [0.15, 0.2) is 0 Å². The Kier molecular flexibility index (Phi) is 38.7. The van der Waals surface area contributed by atoms with Gasteiger partial charge in [-0.1, -0.05) is 208 Å². The van der Waals surface area contributed by atoms with Gasteiger partial charge in [-0.2, -0.15) is 0 Å². The van der Waals surface area contributed by atoms with E-state index >= 15 is 0 Å². The Morgan fingerprint density at radius 1 is 0.234 bits per heavy atom. The first-order chi connectivity index (χ1) is 23.2. The number of nitrogens with zero attached hydrogens (tertiary/aromatic N) is 1. The predicted octanol–water partition coefficient (Wildman–Crippen LogP) is 16.7. The number of unbranched alkanes of at least 4 members (excludes halogenated alkanes) is 30. The molecular formula is C46H96N+. The second kappa shape index (κ2) is 38.8. The van der Waals surface area contributed by atoms with E-state index in [1.807, 2.05) is 0 Å². The molecule has 47 heavy (non-hydrogen) atoms. The topological polar surface area (TPSA) is 0 Å². The summed E-state index contributed by atoms with van der Waals surface area (Å²) in [6, 6.07) is 0.931. The van der Waals surface area contributed by atoms with E-state index in [1.54, 1.807) is 0 Å². The van der Waals surface area contributed by atoms with Gasteiger partial charge in [0.2, 0.25) is 0 Å². The van der Waals surface area contributed by atoms with E-state index in [9.17, 15) is 0 Å². The summed E-state index contributed by atoms with van der Waals surface area (Å²) in [7, 11) is 0. The van der Waals surface area contributed by atoms with Crippen molar-refractivity contribution in [2.24, 2.45) is 0 Å². The van der Waals surface area contributed by atoms with Gasteiger partial charge in [0, 0.05) is 0 Å². The summed E-state index contributed by atoms with van der Waals surface area (Å²) >= 11 is 0. The molecule has 0 aliphatic rings. The van der Waals surface area contributed by atoms with Crippen LogP contribution in [0.3, 0.4) is 0 Å². The van der Waals surface area contributed by atoms with Crippen molar-refractivity contribution in [1.29, 1.82) is 0 Å². The van der Waals surface area contributed by atoms with Crippen LogP contribution in [-0.2, 0) is 0 Å². The summed E-state index contributed by atoms with van der Waals surface area (Å²) < 4.78 is 1.51.